The standard InChI is InChI=1S/C9H15NO2.C4H6O6/c1-9(2)5-4-10-7(6(5)9)8(11)12-3;5-1(3(7)8)2(6)4(9)10/h5-7,10H,4H2,1-3H3;1-2,5-6H,(H,7,8)(H,9,10)/t5-,6-,7-;1-,2-/m11/s1. The van der Waals surface area contributed by atoms with Gasteiger partial charge in [0.2, 0.25) is 0 Å². The maximum atomic E-state index is 11.3. The van der Waals surface area contributed by atoms with Crippen LogP contribution in [0.5, 0.6) is 0 Å². The Morgan fingerprint density at radius 1 is 1.14 bits per heavy atom. The van der Waals surface area contributed by atoms with Crippen LogP contribution in [-0.4, -0.2) is 70.2 Å². The highest BCUT2D eigenvalue weighted by Gasteiger charge is 2.66. The fourth-order valence-electron chi connectivity index (χ4n) is 2.85. The van der Waals surface area contributed by atoms with Crippen molar-refractivity contribution in [2.75, 3.05) is 13.7 Å². The molecule has 0 radical (unpaired) electrons. The Morgan fingerprint density at radius 2 is 1.59 bits per heavy atom. The summed E-state index contributed by atoms with van der Waals surface area (Å²) < 4.78 is 4.72. The molecule has 0 unspecified atom stereocenters. The molecular formula is C13H21NO8. The van der Waals surface area contributed by atoms with Crippen molar-refractivity contribution in [2.45, 2.75) is 32.1 Å². The fourth-order valence-corrected chi connectivity index (χ4v) is 2.85. The fraction of sp³-hybridized carbons (Fsp3) is 0.769. The van der Waals surface area contributed by atoms with Crippen LogP contribution in [-0.2, 0) is 19.1 Å². The summed E-state index contributed by atoms with van der Waals surface area (Å²) in [5.74, 6) is -2.45. The van der Waals surface area contributed by atoms with Gasteiger partial charge >= 0.3 is 17.9 Å². The molecule has 1 heterocycles. The number of ether oxygens (including phenoxy) is 1. The van der Waals surface area contributed by atoms with E-state index >= 15 is 0 Å². The SMILES string of the molecule is COC(=O)[C@@H]1NC[C@@H]2[C@H]1C2(C)C.O=C(O)[C@H](O)[C@@H](O)C(=O)O. The number of carboxylic acid groups (broad SMARTS) is 2. The average Bonchev–Trinajstić information content (AvgIpc) is 2.82. The van der Waals surface area contributed by atoms with E-state index in [1.807, 2.05) is 0 Å². The van der Waals surface area contributed by atoms with E-state index in [0.29, 0.717) is 17.3 Å². The first kappa shape index (κ1) is 18.3. The molecule has 2 rings (SSSR count). The summed E-state index contributed by atoms with van der Waals surface area (Å²) in [6.07, 6.45) is -4.53. The molecule has 126 valence electrons. The largest absolute Gasteiger partial charge is 0.479 e. The predicted octanol–water partition coefficient (Wildman–Crippen LogP) is -1.72. The number of hydrogen-bond donors (Lipinski definition) is 5. The summed E-state index contributed by atoms with van der Waals surface area (Å²) in [5.41, 5.74) is 0.351. The zero-order valence-electron chi connectivity index (χ0n) is 12.5. The van der Waals surface area contributed by atoms with Crippen LogP contribution in [0.2, 0.25) is 0 Å². The van der Waals surface area contributed by atoms with Gasteiger partial charge in [0.05, 0.1) is 7.11 Å². The molecule has 1 aliphatic heterocycles. The van der Waals surface area contributed by atoms with Gasteiger partial charge in [0.1, 0.15) is 6.04 Å². The molecule has 5 atom stereocenters. The highest BCUT2D eigenvalue weighted by atomic mass is 16.5. The summed E-state index contributed by atoms with van der Waals surface area (Å²) in [6, 6.07) is -0.0463. The highest BCUT2D eigenvalue weighted by Crippen LogP contribution is 2.62. The third-order valence-electron chi connectivity index (χ3n) is 4.32. The Labute approximate surface area is 126 Å². The molecule has 0 bridgehead atoms. The van der Waals surface area contributed by atoms with Crippen molar-refractivity contribution in [3.05, 3.63) is 0 Å². The first-order valence-corrected chi connectivity index (χ1v) is 6.68. The molecule has 5 N–H and O–H groups in total. The van der Waals surface area contributed by atoms with Gasteiger partial charge in [0, 0.05) is 0 Å². The molecule has 0 aromatic carbocycles. The number of piperidine rings is 1. The van der Waals surface area contributed by atoms with E-state index in [0.717, 1.165) is 6.54 Å². The summed E-state index contributed by atoms with van der Waals surface area (Å²) >= 11 is 0. The molecular weight excluding hydrogens is 298 g/mol. The number of hydrogen-bond acceptors (Lipinski definition) is 7. The normalized spacial score (nSPS) is 30.1. The second-order valence-electron chi connectivity index (χ2n) is 5.93. The van der Waals surface area contributed by atoms with Gasteiger partial charge in [-0.05, 0) is 23.8 Å². The van der Waals surface area contributed by atoms with Crippen molar-refractivity contribution in [1.29, 1.82) is 0 Å². The van der Waals surface area contributed by atoms with Crippen LogP contribution in [0.4, 0.5) is 0 Å². The van der Waals surface area contributed by atoms with Gasteiger partial charge in [-0.1, -0.05) is 13.8 Å². The summed E-state index contributed by atoms with van der Waals surface area (Å²) in [5, 5.41) is 35.7. The predicted molar refractivity (Wildman–Crippen MR) is 71.9 cm³/mol. The van der Waals surface area contributed by atoms with Crippen molar-refractivity contribution < 1.29 is 39.5 Å². The first-order valence-electron chi connectivity index (χ1n) is 6.68. The van der Waals surface area contributed by atoms with Gasteiger partial charge in [0.25, 0.3) is 0 Å². The van der Waals surface area contributed by atoms with Gasteiger partial charge in [-0.3, -0.25) is 4.79 Å². The van der Waals surface area contributed by atoms with Gasteiger partial charge in [-0.25, -0.2) is 9.59 Å². The highest BCUT2D eigenvalue weighted by molar-refractivity contribution is 5.83. The number of aliphatic hydroxyl groups is 2. The van der Waals surface area contributed by atoms with Crippen LogP contribution in [0.25, 0.3) is 0 Å². The summed E-state index contributed by atoms with van der Waals surface area (Å²) in [6.45, 7) is 5.41. The Bertz CT molecular complexity index is 445. The molecule has 1 saturated heterocycles. The lowest BCUT2D eigenvalue weighted by Gasteiger charge is -2.16. The Balaban J connectivity index is 0.000000225. The van der Waals surface area contributed by atoms with E-state index in [-0.39, 0.29) is 12.0 Å². The van der Waals surface area contributed by atoms with Crippen LogP contribution in [0.3, 0.4) is 0 Å². The Kier molecular flexibility index (Phi) is 5.49. The van der Waals surface area contributed by atoms with E-state index in [4.69, 9.17) is 25.2 Å². The van der Waals surface area contributed by atoms with Gasteiger partial charge in [-0.2, -0.15) is 0 Å². The number of aliphatic carboxylic acids is 2. The van der Waals surface area contributed by atoms with Gasteiger partial charge < -0.3 is 30.5 Å². The van der Waals surface area contributed by atoms with Crippen LogP contribution >= 0.6 is 0 Å². The Morgan fingerprint density at radius 3 is 1.86 bits per heavy atom. The van der Waals surface area contributed by atoms with Crippen molar-refractivity contribution in [2.24, 2.45) is 17.3 Å². The number of fused-ring (bicyclic) bond motifs is 1. The van der Waals surface area contributed by atoms with Crippen molar-refractivity contribution >= 4 is 17.9 Å². The van der Waals surface area contributed by atoms with E-state index < -0.39 is 24.1 Å². The quantitative estimate of drug-likeness (QED) is 0.381. The topological polar surface area (TPSA) is 153 Å². The average molecular weight is 319 g/mol. The van der Waals surface area contributed by atoms with Gasteiger partial charge in [-0.15, -0.1) is 0 Å². The van der Waals surface area contributed by atoms with E-state index in [1.54, 1.807) is 0 Å². The number of esters is 1. The number of carbonyl (C=O) groups is 3. The monoisotopic (exact) mass is 319 g/mol. The summed E-state index contributed by atoms with van der Waals surface area (Å²) in [7, 11) is 1.45. The number of methoxy groups -OCH3 is 1. The molecule has 22 heavy (non-hydrogen) atoms. The van der Waals surface area contributed by atoms with Crippen molar-refractivity contribution in [1.82, 2.24) is 5.32 Å². The molecule has 9 nitrogen and oxygen atoms in total. The molecule has 0 amide bonds. The molecule has 0 aromatic heterocycles. The number of carboxylic acids is 2. The molecule has 1 aliphatic carbocycles. The molecule has 1 saturated carbocycles. The molecule has 0 aromatic rings. The lowest BCUT2D eigenvalue weighted by Crippen LogP contribution is -2.39. The minimum absolute atomic E-state index is 0.0463. The minimum Gasteiger partial charge on any atom is -0.479 e. The van der Waals surface area contributed by atoms with Crippen LogP contribution in [0.15, 0.2) is 0 Å². The molecule has 2 aliphatic rings. The lowest BCUT2D eigenvalue weighted by atomic mass is 10.0. The first-order chi connectivity index (χ1) is 10.1. The molecule has 9 heteroatoms. The van der Waals surface area contributed by atoms with Crippen LogP contribution < -0.4 is 5.32 Å². The smallest absolute Gasteiger partial charge is 0.335 e. The molecule has 0 spiro atoms. The zero-order chi connectivity index (χ0) is 17.2. The minimum atomic E-state index is -2.27. The third kappa shape index (κ3) is 3.54. The van der Waals surface area contributed by atoms with E-state index in [2.05, 4.69) is 19.2 Å². The van der Waals surface area contributed by atoms with Crippen LogP contribution in [0, 0.1) is 17.3 Å². The van der Waals surface area contributed by atoms with Gasteiger partial charge in [0.15, 0.2) is 12.2 Å². The van der Waals surface area contributed by atoms with Crippen molar-refractivity contribution in [3.8, 4) is 0 Å². The number of rotatable bonds is 4. The Hall–Kier alpha value is -1.71. The second-order valence-corrected chi connectivity index (χ2v) is 5.93. The third-order valence-corrected chi connectivity index (χ3v) is 4.32. The number of carbonyl (C=O) groups excluding carboxylic acids is 1. The van der Waals surface area contributed by atoms with Crippen molar-refractivity contribution in [3.63, 3.8) is 0 Å². The van der Waals surface area contributed by atoms with E-state index in [1.165, 1.54) is 7.11 Å². The molecule has 2 fully saturated rings. The number of aliphatic hydroxyl groups excluding tert-OH is 2. The lowest BCUT2D eigenvalue weighted by molar-refractivity contribution is -0.165. The maximum Gasteiger partial charge on any atom is 0.335 e. The van der Waals surface area contributed by atoms with Crippen LogP contribution in [0.1, 0.15) is 13.8 Å². The summed E-state index contributed by atoms with van der Waals surface area (Å²) in [4.78, 5) is 30.8. The maximum absolute atomic E-state index is 11.3. The second kappa shape index (κ2) is 6.59. The zero-order valence-corrected chi connectivity index (χ0v) is 12.5. The number of nitrogens with one attached hydrogen (secondary N) is 1. The van der Waals surface area contributed by atoms with E-state index in [9.17, 15) is 14.4 Å².